The number of aromatic nitrogens is 1. The second kappa shape index (κ2) is 6.97. The number of hydrogen-bond donors (Lipinski definition) is 1. The number of rotatable bonds is 4. The molecule has 0 atom stereocenters. The third-order valence-corrected chi connectivity index (χ3v) is 5.05. The smallest absolute Gasteiger partial charge is 0.259 e. The Morgan fingerprint density at radius 1 is 1.14 bits per heavy atom. The maximum Gasteiger partial charge on any atom is 0.259 e. The number of amides is 2. The van der Waals surface area contributed by atoms with E-state index in [0.29, 0.717) is 16.8 Å². The van der Waals surface area contributed by atoms with Gasteiger partial charge in [0, 0.05) is 27.8 Å². The zero-order valence-corrected chi connectivity index (χ0v) is 15.2. The standard InChI is InChI=1S/C20H13F2N3O2S/c1-11-13-4-2-3-5-14(13)19(27)25(11)9-18(26)24-20-23-17(10-28-20)15-8-12(21)6-7-16(15)22/h2-8,10H,1,9H2,(H,23,24,26). The van der Waals surface area contributed by atoms with Crippen LogP contribution in [0.2, 0.25) is 0 Å². The average molecular weight is 397 g/mol. The summed E-state index contributed by atoms with van der Waals surface area (Å²) in [7, 11) is 0. The quantitative estimate of drug-likeness (QED) is 0.719. The fraction of sp³-hybridized carbons (Fsp3) is 0.0500. The van der Waals surface area contributed by atoms with Gasteiger partial charge >= 0.3 is 0 Å². The normalized spacial score (nSPS) is 13.0. The summed E-state index contributed by atoms with van der Waals surface area (Å²) in [6.07, 6.45) is 0. The third kappa shape index (κ3) is 3.18. The molecular formula is C20H13F2N3O2S. The molecule has 0 saturated carbocycles. The Hall–Kier alpha value is -3.39. The largest absolute Gasteiger partial charge is 0.300 e. The van der Waals surface area contributed by atoms with Crippen molar-refractivity contribution in [3.63, 3.8) is 0 Å². The van der Waals surface area contributed by atoms with Crippen LogP contribution in [0.15, 0.2) is 54.4 Å². The van der Waals surface area contributed by atoms with E-state index in [2.05, 4.69) is 16.9 Å². The van der Waals surface area contributed by atoms with Crippen LogP contribution < -0.4 is 5.32 Å². The number of nitrogens with zero attached hydrogens (tertiary/aromatic N) is 2. The number of carbonyl (C=O) groups is 2. The van der Waals surface area contributed by atoms with Crippen LogP contribution >= 0.6 is 11.3 Å². The molecule has 3 aromatic rings. The summed E-state index contributed by atoms with van der Waals surface area (Å²) in [5.74, 6) is -1.96. The molecule has 2 heterocycles. The van der Waals surface area contributed by atoms with Gasteiger partial charge in [-0.3, -0.25) is 14.5 Å². The fourth-order valence-corrected chi connectivity index (χ4v) is 3.68. The molecular weight excluding hydrogens is 384 g/mol. The van der Waals surface area contributed by atoms with Crippen LogP contribution in [-0.2, 0) is 4.79 Å². The zero-order valence-electron chi connectivity index (χ0n) is 14.4. The Kier molecular flexibility index (Phi) is 4.48. The second-order valence-corrected chi connectivity index (χ2v) is 6.95. The molecule has 0 aliphatic carbocycles. The van der Waals surface area contributed by atoms with Crippen molar-refractivity contribution in [3.8, 4) is 11.3 Å². The van der Waals surface area contributed by atoms with Gasteiger partial charge in [-0.25, -0.2) is 13.8 Å². The lowest BCUT2D eigenvalue weighted by Crippen LogP contribution is -2.32. The minimum absolute atomic E-state index is 0.00953. The molecule has 1 aromatic heterocycles. The summed E-state index contributed by atoms with van der Waals surface area (Å²) < 4.78 is 27.2. The van der Waals surface area contributed by atoms with Gasteiger partial charge in [-0.15, -0.1) is 11.3 Å². The predicted octanol–water partition coefficient (Wildman–Crippen LogP) is 4.15. The third-order valence-electron chi connectivity index (χ3n) is 4.30. The van der Waals surface area contributed by atoms with E-state index in [1.165, 1.54) is 10.3 Å². The summed E-state index contributed by atoms with van der Waals surface area (Å²) in [4.78, 5) is 30.2. The SMILES string of the molecule is C=C1c2ccccc2C(=O)N1CC(=O)Nc1nc(-c2cc(F)ccc2F)cs1. The van der Waals surface area contributed by atoms with Crippen molar-refractivity contribution in [2.24, 2.45) is 0 Å². The Morgan fingerprint density at radius 2 is 1.89 bits per heavy atom. The van der Waals surface area contributed by atoms with Crippen molar-refractivity contribution < 1.29 is 18.4 Å². The second-order valence-electron chi connectivity index (χ2n) is 6.09. The van der Waals surface area contributed by atoms with E-state index >= 15 is 0 Å². The molecule has 28 heavy (non-hydrogen) atoms. The maximum atomic E-state index is 13.9. The van der Waals surface area contributed by atoms with Crippen LogP contribution in [0.1, 0.15) is 15.9 Å². The predicted molar refractivity (Wildman–Crippen MR) is 103 cm³/mol. The Morgan fingerprint density at radius 3 is 2.64 bits per heavy atom. The first-order valence-electron chi connectivity index (χ1n) is 8.25. The first-order chi connectivity index (χ1) is 13.4. The lowest BCUT2D eigenvalue weighted by molar-refractivity contribution is -0.116. The highest BCUT2D eigenvalue weighted by Crippen LogP contribution is 2.31. The molecule has 0 unspecified atom stereocenters. The van der Waals surface area contributed by atoms with Crippen LogP contribution in [0.3, 0.4) is 0 Å². The van der Waals surface area contributed by atoms with E-state index in [-0.39, 0.29) is 28.8 Å². The summed E-state index contributed by atoms with van der Waals surface area (Å²) in [6.45, 7) is 3.66. The highest BCUT2D eigenvalue weighted by molar-refractivity contribution is 7.14. The van der Waals surface area contributed by atoms with Gasteiger partial charge in [0.1, 0.15) is 18.2 Å². The van der Waals surface area contributed by atoms with Gasteiger partial charge in [0.15, 0.2) is 5.13 Å². The van der Waals surface area contributed by atoms with E-state index in [1.807, 2.05) is 0 Å². The Labute approximate surface area is 162 Å². The molecule has 4 rings (SSSR count). The molecule has 0 saturated heterocycles. The number of nitrogens with one attached hydrogen (secondary N) is 1. The summed E-state index contributed by atoms with van der Waals surface area (Å²) in [5.41, 5.74) is 1.87. The van der Waals surface area contributed by atoms with Gasteiger partial charge in [-0.1, -0.05) is 24.8 Å². The first-order valence-corrected chi connectivity index (χ1v) is 9.13. The minimum atomic E-state index is -0.610. The van der Waals surface area contributed by atoms with E-state index < -0.39 is 17.5 Å². The molecule has 0 radical (unpaired) electrons. The summed E-state index contributed by atoms with van der Waals surface area (Å²) in [5, 5.41) is 4.32. The van der Waals surface area contributed by atoms with Crippen LogP contribution in [0.4, 0.5) is 13.9 Å². The minimum Gasteiger partial charge on any atom is -0.300 e. The van der Waals surface area contributed by atoms with Crippen LogP contribution in [0.25, 0.3) is 17.0 Å². The fourth-order valence-electron chi connectivity index (χ4n) is 2.95. The van der Waals surface area contributed by atoms with Crippen molar-refractivity contribution in [1.29, 1.82) is 0 Å². The van der Waals surface area contributed by atoms with Gasteiger partial charge in [0.2, 0.25) is 5.91 Å². The first kappa shape index (κ1) is 18.0. The van der Waals surface area contributed by atoms with Gasteiger partial charge in [-0.05, 0) is 24.3 Å². The van der Waals surface area contributed by atoms with Crippen molar-refractivity contribution in [1.82, 2.24) is 9.88 Å². The lowest BCUT2D eigenvalue weighted by Gasteiger charge is -2.16. The molecule has 1 N–H and O–H groups in total. The maximum absolute atomic E-state index is 13.9. The number of halogens is 2. The van der Waals surface area contributed by atoms with Crippen molar-refractivity contribution >= 4 is 34.0 Å². The molecule has 8 heteroatoms. The molecule has 5 nitrogen and oxygen atoms in total. The number of fused-ring (bicyclic) bond motifs is 1. The highest BCUT2D eigenvalue weighted by atomic mass is 32.1. The topological polar surface area (TPSA) is 62.3 Å². The molecule has 1 aliphatic heterocycles. The lowest BCUT2D eigenvalue weighted by atomic mass is 10.1. The van der Waals surface area contributed by atoms with Gasteiger partial charge in [0.25, 0.3) is 5.91 Å². The van der Waals surface area contributed by atoms with Crippen molar-refractivity contribution in [3.05, 3.63) is 77.2 Å². The Balaban J connectivity index is 1.47. The average Bonchev–Trinajstić information content (AvgIpc) is 3.23. The Bertz CT molecular complexity index is 1090. The van der Waals surface area contributed by atoms with Crippen LogP contribution in [-0.4, -0.2) is 28.2 Å². The van der Waals surface area contributed by atoms with E-state index in [9.17, 15) is 18.4 Å². The molecule has 140 valence electrons. The molecule has 0 fully saturated rings. The number of hydrogen-bond acceptors (Lipinski definition) is 4. The highest BCUT2D eigenvalue weighted by Gasteiger charge is 2.32. The van der Waals surface area contributed by atoms with E-state index in [0.717, 1.165) is 29.5 Å². The molecule has 2 aromatic carbocycles. The number of carbonyl (C=O) groups excluding carboxylic acids is 2. The number of anilines is 1. The monoisotopic (exact) mass is 397 g/mol. The van der Waals surface area contributed by atoms with E-state index in [4.69, 9.17) is 0 Å². The molecule has 1 aliphatic rings. The van der Waals surface area contributed by atoms with Crippen LogP contribution in [0.5, 0.6) is 0 Å². The van der Waals surface area contributed by atoms with Gasteiger partial charge in [-0.2, -0.15) is 0 Å². The van der Waals surface area contributed by atoms with Crippen LogP contribution in [0, 0.1) is 11.6 Å². The van der Waals surface area contributed by atoms with Crippen molar-refractivity contribution in [2.45, 2.75) is 0 Å². The molecule has 2 amide bonds. The van der Waals surface area contributed by atoms with Gasteiger partial charge < -0.3 is 5.32 Å². The number of benzene rings is 2. The van der Waals surface area contributed by atoms with Gasteiger partial charge in [0.05, 0.1) is 5.69 Å². The molecule has 0 spiro atoms. The zero-order chi connectivity index (χ0) is 19.8. The summed E-state index contributed by atoms with van der Waals surface area (Å²) >= 11 is 1.08. The summed E-state index contributed by atoms with van der Waals surface area (Å²) in [6, 6.07) is 10.1. The number of thiazole rings is 1. The van der Waals surface area contributed by atoms with Crippen molar-refractivity contribution in [2.75, 3.05) is 11.9 Å². The van der Waals surface area contributed by atoms with E-state index in [1.54, 1.807) is 24.3 Å². The molecule has 0 bridgehead atoms.